The van der Waals surface area contributed by atoms with Crippen LogP contribution in [0.4, 0.5) is 0 Å². The number of carboxylic acid groups (broad SMARTS) is 1. The summed E-state index contributed by atoms with van der Waals surface area (Å²) in [4.78, 5) is 11.6. The van der Waals surface area contributed by atoms with Gasteiger partial charge in [0.05, 0.1) is 25.4 Å². The minimum absolute atomic E-state index is 0.148. The highest BCUT2D eigenvalue weighted by atomic mass is 35.5. The second-order valence-electron chi connectivity index (χ2n) is 4.91. The molecule has 1 N–H and O–H groups in total. The number of hydrogen-bond acceptors (Lipinski definition) is 3. The van der Waals surface area contributed by atoms with Crippen molar-refractivity contribution in [3.05, 3.63) is 53.2 Å². The Morgan fingerprint density at radius 3 is 2.43 bits per heavy atom. The van der Waals surface area contributed by atoms with E-state index >= 15 is 0 Å². The molecular formula is C17H14ClNO4. The summed E-state index contributed by atoms with van der Waals surface area (Å²) < 4.78 is 12.2. The van der Waals surface area contributed by atoms with Crippen LogP contribution in [0.1, 0.15) is 10.5 Å². The Morgan fingerprint density at radius 2 is 1.78 bits per heavy atom. The van der Waals surface area contributed by atoms with Gasteiger partial charge >= 0.3 is 5.97 Å². The first kappa shape index (κ1) is 15.2. The Hall–Kier alpha value is -2.66. The zero-order chi connectivity index (χ0) is 16.6. The maximum Gasteiger partial charge on any atom is 0.352 e. The van der Waals surface area contributed by atoms with Crippen molar-refractivity contribution in [1.29, 1.82) is 0 Å². The zero-order valence-electron chi connectivity index (χ0n) is 12.5. The van der Waals surface area contributed by atoms with Gasteiger partial charge in [0.25, 0.3) is 0 Å². The summed E-state index contributed by atoms with van der Waals surface area (Å²) in [5, 5.41) is 10.8. The van der Waals surface area contributed by atoms with Gasteiger partial charge in [0.1, 0.15) is 5.69 Å². The molecule has 0 saturated heterocycles. The molecule has 0 aliphatic carbocycles. The third kappa shape index (κ3) is 2.59. The summed E-state index contributed by atoms with van der Waals surface area (Å²) in [6.45, 7) is 0. The minimum Gasteiger partial charge on any atom is -0.493 e. The van der Waals surface area contributed by atoms with E-state index in [1.165, 1.54) is 7.11 Å². The summed E-state index contributed by atoms with van der Waals surface area (Å²) in [7, 11) is 3.08. The van der Waals surface area contributed by atoms with Gasteiger partial charge in [-0.15, -0.1) is 0 Å². The summed E-state index contributed by atoms with van der Waals surface area (Å²) in [5.41, 5.74) is 1.51. The van der Waals surface area contributed by atoms with Crippen molar-refractivity contribution in [3.8, 4) is 17.2 Å². The number of carbonyl (C=O) groups is 1. The Bertz CT molecular complexity index is 901. The van der Waals surface area contributed by atoms with E-state index in [4.69, 9.17) is 21.1 Å². The number of fused-ring (bicyclic) bond motifs is 1. The van der Waals surface area contributed by atoms with Crippen molar-refractivity contribution in [1.82, 2.24) is 4.57 Å². The van der Waals surface area contributed by atoms with Gasteiger partial charge in [0.2, 0.25) is 0 Å². The second-order valence-corrected chi connectivity index (χ2v) is 5.35. The third-order valence-corrected chi connectivity index (χ3v) is 3.85. The molecule has 2 aromatic carbocycles. The van der Waals surface area contributed by atoms with E-state index in [1.807, 2.05) is 0 Å². The molecule has 0 fully saturated rings. The first-order chi connectivity index (χ1) is 11.0. The van der Waals surface area contributed by atoms with Crippen LogP contribution in [0.3, 0.4) is 0 Å². The second kappa shape index (κ2) is 5.85. The molecule has 0 atom stereocenters. The Labute approximate surface area is 137 Å². The van der Waals surface area contributed by atoms with Crippen LogP contribution in [-0.2, 0) is 0 Å². The van der Waals surface area contributed by atoms with Crippen LogP contribution < -0.4 is 9.47 Å². The highest BCUT2D eigenvalue weighted by Crippen LogP contribution is 2.33. The third-order valence-electron chi connectivity index (χ3n) is 3.61. The van der Waals surface area contributed by atoms with Crippen LogP contribution in [0.25, 0.3) is 16.6 Å². The van der Waals surface area contributed by atoms with Crippen molar-refractivity contribution in [3.63, 3.8) is 0 Å². The number of ether oxygens (including phenoxy) is 2. The lowest BCUT2D eigenvalue weighted by atomic mass is 10.2. The van der Waals surface area contributed by atoms with Crippen molar-refractivity contribution in [2.45, 2.75) is 0 Å². The molecule has 0 saturated carbocycles. The topological polar surface area (TPSA) is 60.7 Å². The fraction of sp³-hybridized carbons (Fsp3) is 0.118. The van der Waals surface area contributed by atoms with E-state index in [0.717, 1.165) is 5.39 Å². The predicted octanol–water partition coefficient (Wildman–Crippen LogP) is 4.00. The number of carboxylic acids is 1. The summed E-state index contributed by atoms with van der Waals surface area (Å²) in [5.74, 6) is 0.0694. The lowest BCUT2D eigenvalue weighted by molar-refractivity contribution is 0.0688. The fourth-order valence-corrected chi connectivity index (χ4v) is 2.74. The summed E-state index contributed by atoms with van der Waals surface area (Å²) in [6.07, 6.45) is 0. The molecule has 0 spiro atoms. The predicted molar refractivity (Wildman–Crippen MR) is 88.3 cm³/mol. The number of hydrogen-bond donors (Lipinski definition) is 1. The van der Waals surface area contributed by atoms with Gasteiger partial charge in [-0.05, 0) is 30.3 Å². The molecule has 0 aliphatic heterocycles. The number of nitrogens with zero attached hydrogens (tertiary/aromatic N) is 1. The zero-order valence-corrected chi connectivity index (χ0v) is 13.3. The highest BCUT2D eigenvalue weighted by molar-refractivity contribution is 6.31. The minimum atomic E-state index is -1.02. The van der Waals surface area contributed by atoms with Crippen LogP contribution >= 0.6 is 11.6 Å². The molecule has 0 bridgehead atoms. The van der Waals surface area contributed by atoms with E-state index in [9.17, 15) is 9.90 Å². The highest BCUT2D eigenvalue weighted by Gasteiger charge is 2.17. The van der Waals surface area contributed by atoms with Crippen molar-refractivity contribution in [2.75, 3.05) is 14.2 Å². The van der Waals surface area contributed by atoms with Crippen LogP contribution in [0.5, 0.6) is 11.5 Å². The van der Waals surface area contributed by atoms with Gasteiger partial charge < -0.3 is 19.1 Å². The maximum absolute atomic E-state index is 11.6. The van der Waals surface area contributed by atoms with Gasteiger partial charge in [0, 0.05) is 16.5 Å². The van der Waals surface area contributed by atoms with Crippen molar-refractivity contribution >= 4 is 28.5 Å². The number of rotatable bonds is 4. The van der Waals surface area contributed by atoms with Crippen LogP contribution in [0, 0.1) is 0 Å². The Balaban J connectivity index is 2.32. The van der Waals surface area contributed by atoms with E-state index in [2.05, 4.69) is 0 Å². The molecule has 1 heterocycles. The molecule has 0 aliphatic rings. The normalized spacial score (nSPS) is 10.7. The largest absolute Gasteiger partial charge is 0.493 e. The molecule has 5 nitrogen and oxygen atoms in total. The number of methoxy groups -OCH3 is 2. The number of aromatic carboxylic acids is 1. The molecule has 1 aromatic heterocycles. The van der Waals surface area contributed by atoms with Crippen LogP contribution in [-0.4, -0.2) is 29.9 Å². The number of benzene rings is 2. The van der Waals surface area contributed by atoms with Crippen LogP contribution in [0.2, 0.25) is 5.02 Å². The molecule has 3 rings (SSSR count). The van der Waals surface area contributed by atoms with E-state index < -0.39 is 5.97 Å². The fourth-order valence-electron chi connectivity index (χ4n) is 2.57. The standard InChI is InChI=1S/C17H14ClNO4/c1-22-15-6-5-12(9-16(15)23-2)19-13-8-11(18)4-3-10(13)7-14(19)17(20)21/h3-9H,1-2H3,(H,20,21). The molecule has 0 radical (unpaired) electrons. The SMILES string of the molecule is COc1ccc(-n2c(C(=O)O)cc3ccc(Cl)cc32)cc1OC. The van der Waals surface area contributed by atoms with Gasteiger partial charge in [-0.3, -0.25) is 0 Å². The van der Waals surface area contributed by atoms with Gasteiger partial charge in [-0.25, -0.2) is 4.79 Å². The van der Waals surface area contributed by atoms with Gasteiger partial charge in [-0.2, -0.15) is 0 Å². The van der Waals surface area contributed by atoms with E-state index in [0.29, 0.717) is 27.7 Å². The lowest BCUT2D eigenvalue weighted by Crippen LogP contribution is -2.06. The van der Waals surface area contributed by atoms with E-state index in [1.54, 1.807) is 54.1 Å². The Kier molecular flexibility index (Phi) is 3.88. The summed E-state index contributed by atoms with van der Waals surface area (Å²) >= 11 is 6.07. The molecule has 0 amide bonds. The molecule has 0 unspecified atom stereocenters. The molecule has 118 valence electrons. The number of aromatic nitrogens is 1. The average molecular weight is 332 g/mol. The number of halogens is 1. The molecule has 3 aromatic rings. The average Bonchev–Trinajstić information content (AvgIpc) is 2.93. The maximum atomic E-state index is 11.6. The summed E-state index contributed by atoms with van der Waals surface area (Å²) in [6, 6.07) is 12.1. The molecular weight excluding hydrogens is 318 g/mol. The first-order valence-corrected chi connectivity index (χ1v) is 7.19. The van der Waals surface area contributed by atoms with Gasteiger partial charge in [-0.1, -0.05) is 17.7 Å². The van der Waals surface area contributed by atoms with Gasteiger partial charge in [0.15, 0.2) is 11.5 Å². The first-order valence-electron chi connectivity index (χ1n) is 6.82. The lowest BCUT2D eigenvalue weighted by Gasteiger charge is -2.13. The molecule has 23 heavy (non-hydrogen) atoms. The van der Waals surface area contributed by atoms with Crippen LogP contribution in [0.15, 0.2) is 42.5 Å². The molecule has 6 heteroatoms. The quantitative estimate of drug-likeness (QED) is 0.785. The monoisotopic (exact) mass is 331 g/mol. The smallest absolute Gasteiger partial charge is 0.352 e. The Morgan fingerprint density at radius 1 is 1.04 bits per heavy atom. The van der Waals surface area contributed by atoms with E-state index in [-0.39, 0.29) is 5.69 Å². The van der Waals surface area contributed by atoms with Crippen molar-refractivity contribution in [2.24, 2.45) is 0 Å². The van der Waals surface area contributed by atoms with Crippen molar-refractivity contribution < 1.29 is 19.4 Å².